The summed E-state index contributed by atoms with van der Waals surface area (Å²) in [6, 6.07) is 16.4. The van der Waals surface area contributed by atoms with Crippen molar-refractivity contribution in [2.45, 2.75) is 12.2 Å². The van der Waals surface area contributed by atoms with Gasteiger partial charge in [0.2, 0.25) is 0 Å². The van der Waals surface area contributed by atoms with Crippen molar-refractivity contribution in [1.82, 2.24) is 0 Å². The van der Waals surface area contributed by atoms with Gasteiger partial charge in [0.05, 0.1) is 0 Å². The molecule has 154 valence electrons. The van der Waals surface area contributed by atoms with Crippen LogP contribution in [0, 0.1) is 11.8 Å². The Hall–Kier alpha value is -1.31. The fraction of sp³-hybridized carbons (Fsp3) is 0.261. The first kappa shape index (κ1) is 20.6. The van der Waals surface area contributed by atoms with Crippen LogP contribution in [0.2, 0.25) is 0 Å². The molecule has 2 aliphatic heterocycles. The zero-order valence-electron chi connectivity index (χ0n) is 16.5. The molecule has 2 aromatic carbocycles. The topological polar surface area (TPSA) is 69.7 Å². The van der Waals surface area contributed by atoms with E-state index in [0.29, 0.717) is 0 Å². The molecule has 5 rings (SSSR count). The van der Waals surface area contributed by atoms with Crippen molar-refractivity contribution in [1.29, 1.82) is 0 Å². The maximum atomic E-state index is 13.2. The van der Waals surface area contributed by atoms with Crippen LogP contribution < -0.4 is 27.2 Å². The molecule has 0 amide bonds. The fourth-order valence-electron chi connectivity index (χ4n) is 4.16. The molecule has 4 unspecified atom stereocenters. The Kier molecular flexibility index (Phi) is 5.48. The van der Waals surface area contributed by atoms with Crippen LogP contribution in [-0.4, -0.2) is 73.9 Å². The number of anilines is 2. The van der Waals surface area contributed by atoms with Crippen LogP contribution in [0.15, 0.2) is 68.2 Å². The molecule has 1 aliphatic carbocycles. The number of nitrogens with zero attached hydrogens (tertiary/aromatic N) is 2. The predicted octanol–water partition coefficient (Wildman–Crippen LogP) is -1.10. The number of carbonyl (C=O) groups excluding carboxylic acids is 1. The minimum absolute atomic E-state index is 0.445. The number of ketones is 1. The monoisotopic (exact) mass is 632 g/mol. The van der Waals surface area contributed by atoms with Crippen LogP contribution in [0.25, 0.3) is 0 Å². The summed E-state index contributed by atoms with van der Waals surface area (Å²) in [6.45, 7) is 0. The second-order valence-electron chi connectivity index (χ2n) is 7.66. The molecule has 2 heterocycles. The SMILES string of the molecule is CN1/C(=C\C2C(=O)C([O-])C(/C=C3/[Te]c4ccccc4N3C)C2[O-])[Te]c2ccccc21. The Morgan fingerprint density at radius 3 is 1.87 bits per heavy atom. The molecule has 0 radical (unpaired) electrons. The average Bonchev–Trinajstić information content (AvgIpc) is 3.31. The van der Waals surface area contributed by atoms with Gasteiger partial charge in [0, 0.05) is 0 Å². The van der Waals surface area contributed by atoms with E-state index in [9.17, 15) is 15.0 Å². The van der Waals surface area contributed by atoms with Crippen LogP contribution in [0.4, 0.5) is 11.4 Å². The van der Waals surface area contributed by atoms with Gasteiger partial charge in [-0.05, 0) is 0 Å². The third-order valence-corrected chi connectivity index (χ3v) is 12.7. The van der Waals surface area contributed by atoms with Crippen molar-refractivity contribution >= 4 is 66.2 Å². The van der Waals surface area contributed by atoms with Gasteiger partial charge in [-0.3, -0.25) is 0 Å². The molecular formula is C23H20N2O3Te2-2. The first-order chi connectivity index (χ1) is 14.5. The van der Waals surface area contributed by atoms with Crippen molar-refractivity contribution in [3.8, 4) is 0 Å². The van der Waals surface area contributed by atoms with E-state index in [1.54, 1.807) is 0 Å². The minimum atomic E-state index is -1.47. The Bertz CT molecular complexity index is 1080. The van der Waals surface area contributed by atoms with Crippen molar-refractivity contribution in [2.24, 2.45) is 11.8 Å². The van der Waals surface area contributed by atoms with Gasteiger partial charge in [-0.1, -0.05) is 0 Å². The fourth-order valence-corrected chi connectivity index (χ4v) is 10.7. The molecule has 1 saturated carbocycles. The van der Waals surface area contributed by atoms with E-state index < -0.39 is 71.7 Å². The van der Waals surface area contributed by atoms with E-state index in [1.807, 2.05) is 50.5 Å². The van der Waals surface area contributed by atoms with Gasteiger partial charge in [0.1, 0.15) is 0 Å². The molecule has 7 heteroatoms. The van der Waals surface area contributed by atoms with Gasteiger partial charge in [0.15, 0.2) is 0 Å². The number of carbonyl (C=O) groups is 1. The summed E-state index contributed by atoms with van der Waals surface area (Å²) in [7, 11) is 3.96. The van der Waals surface area contributed by atoms with Crippen molar-refractivity contribution in [2.75, 3.05) is 23.9 Å². The van der Waals surface area contributed by atoms with E-state index >= 15 is 0 Å². The predicted molar refractivity (Wildman–Crippen MR) is 116 cm³/mol. The summed E-state index contributed by atoms with van der Waals surface area (Å²) in [5.41, 5.74) is 2.29. The van der Waals surface area contributed by atoms with E-state index in [0.717, 1.165) is 18.9 Å². The van der Waals surface area contributed by atoms with Gasteiger partial charge < -0.3 is 0 Å². The number of benzene rings is 2. The van der Waals surface area contributed by atoms with Crippen LogP contribution >= 0.6 is 0 Å². The molecule has 30 heavy (non-hydrogen) atoms. The molecule has 2 aromatic rings. The van der Waals surface area contributed by atoms with Gasteiger partial charge in [-0.15, -0.1) is 0 Å². The number of Topliss-reactive ketones (excluding diaryl/α,β-unsaturated/α-hetero) is 1. The molecule has 1 fully saturated rings. The second-order valence-corrected chi connectivity index (χ2v) is 13.7. The Balaban J connectivity index is 1.41. The molecule has 5 nitrogen and oxygen atoms in total. The van der Waals surface area contributed by atoms with Crippen LogP contribution in [0.1, 0.15) is 0 Å². The van der Waals surface area contributed by atoms with Crippen LogP contribution in [0.5, 0.6) is 0 Å². The summed E-state index contributed by atoms with van der Waals surface area (Å²) in [6.07, 6.45) is 0.961. The average molecular weight is 628 g/mol. The number of fused-ring (bicyclic) bond motifs is 2. The van der Waals surface area contributed by atoms with Crippen molar-refractivity contribution in [3.63, 3.8) is 0 Å². The molecule has 4 atom stereocenters. The number of hydrogen-bond acceptors (Lipinski definition) is 5. The van der Waals surface area contributed by atoms with Gasteiger partial charge in [-0.25, -0.2) is 0 Å². The van der Waals surface area contributed by atoms with Gasteiger partial charge in [-0.2, -0.15) is 0 Å². The number of rotatable bonds is 2. The first-order valence-corrected chi connectivity index (χ1v) is 14.4. The van der Waals surface area contributed by atoms with E-state index in [4.69, 9.17) is 0 Å². The Labute approximate surface area is 196 Å². The van der Waals surface area contributed by atoms with Crippen LogP contribution in [0.3, 0.4) is 0 Å². The van der Waals surface area contributed by atoms with Crippen molar-refractivity contribution < 1.29 is 15.0 Å². The summed E-state index contributed by atoms with van der Waals surface area (Å²) >= 11 is -1.30. The zero-order chi connectivity index (χ0) is 21.0. The van der Waals surface area contributed by atoms with E-state index in [-0.39, 0.29) is 0 Å². The third-order valence-electron chi connectivity index (χ3n) is 5.89. The molecule has 3 aliphatic rings. The second kappa shape index (κ2) is 7.99. The molecule has 0 aromatic heterocycles. The summed E-state index contributed by atoms with van der Waals surface area (Å²) in [5, 5.41) is 26.0. The molecular weight excluding hydrogens is 607 g/mol. The summed E-state index contributed by atoms with van der Waals surface area (Å²) < 4.78 is 4.73. The summed E-state index contributed by atoms with van der Waals surface area (Å²) in [5.74, 6) is -2.06. The number of hydrogen-bond donors (Lipinski definition) is 0. The normalized spacial score (nSPS) is 30.5. The van der Waals surface area contributed by atoms with Gasteiger partial charge >= 0.3 is 197 Å². The zero-order valence-corrected chi connectivity index (χ0v) is 21.2. The van der Waals surface area contributed by atoms with E-state index in [1.165, 1.54) is 7.22 Å². The molecule has 0 bridgehead atoms. The van der Waals surface area contributed by atoms with E-state index in [2.05, 4.69) is 34.1 Å². The van der Waals surface area contributed by atoms with Crippen LogP contribution in [-0.2, 0) is 4.79 Å². The maximum absolute atomic E-state index is 13.2. The molecule has 0 N–H and O–H groups in total. The Morgan fingerprint density at radius 1 is 0.833 bits per heavy atom. The molecule has 0 saturated heterocycles. The molecule has 0 spiro atoms. The summed E-state index contributed by atoms with van der Waals surface area (Å²) in [4.78, 5) is 16.9. The Morgan fingerprint density at radius 2 is 1.33 bits per heavy atom. The van der Waals surface area contributed by atoms with Gasteiger partial charge in [0.25, 0.3) is 0 Å². The standard InChI is InChI=1S/C23H20N2O3Te2/c1-24-15-7-3-5-9-17(15)29-19(24)11-13-21(26)14(23(28)22(13)27)12-20-25(2)16-8-4-6-10-18(16)30-20/h3-14,21-22H,1-2H3/q-2/b19-11+,20-12+. The third kappa shape index (κ3) is 3.33. The first-order valence-electron chi connectivity index (χ1n) is 9.76. The van der Waals surface area contributed by atoms with Crippen molar-refractivity contribution in [3.05, 3.63) is 68.2 Å². The number of para-hydroxylation sites is 2. The quantitative estimate of drug-likeness (QED) is 0.396.